The Kier molecular flexibility index (Phi) is 10.9. The number of rotatable bonds is 13. The zero-order valence-corrected chi connectivity index (χ0v) is 25.4. The quantitative estimate of drug-likeness (QED) is 0.176. The Bertz CT molecular complexity index is 1420. The molecule has 7 heteroatoms. The summed E-state index contributed by atoms with van der Waals surface area (Å²) in [5, 5.41) is 10.9. The smallest absolute Gasteiger partial charge is 0.224 e. The van der Waals surface area contributed by atoms with Crippen molar-refractivity contribution in [2.45, 2.75) is 57.1 Å². The summed E-state index contributed by atoms with van der Waals surface area (Å²) < 4.78 is 31.6. The summed E-state index contributed by atoms with van der Waals surface area (Å²) in [6.45, 7) is 3.12. The summed E-state index contributed by atoms with van der Waals surface area (Å²) in [6.07, 6.45) is -0.557. The van der Waals surface area contributed by atoms with Crippen LogP contribution in [-0.4, -0.2) is 43.7 Å². The highest BCUT2D eigenvalue weighted by atomic mass is 35.5. The second-order valence-electron chi connectivity index (χ2n) is 10.6. The molecule has 1 N–H and O–H groups in total. The van der Waals surface area contributed by atoms with Crippen LogP contribution in [0.15, 0.2) is 103 Å². The molecule has 1 aliphatic rings. The highest BCUT2D eigenvalue weighted by molar-refractivity contribution is 6.31. The van der Waals surface area contributed by atoms with Gasteiger partial charge in [-0.3, -0.25) is 0 Å². The maximum absolute atomic E-state index is 10.3. The molecule has 0 aliphatic carbocycles. The molecule has 3 unspecified atom stereocenters. The molecule has 0 spiro atoms. The lowest BCUT2D eigenvalue weighted by molar-refractivity contribution is -0.359. The van der Waals surface area contributed by atoms with Crippen molar-refractivity contribution in [2.75, 3.05) is 20.3 Å². The van der Waals surface area contributed by atoms with Gasteiger partial charge < -0.3 is 28.8 Å². The lowest BCUT2D eigenvalue weighted by Gasteiger charge is -2.48. The van der Waals surface area contributed by atoms with Crippen LogP contribution < -0.4 is 4.74 Å². The second-order valence-corrected chi connectivity index (χ2v) is 11.0. The van der Waals surface area contributed by atoms with Crippen LogP contribution in [0.5, 0.6) is 5.75 Å². The van der Waals surface area contributed by atoms with E-state index < -0.39 is 24.1 Å². The molecule has 1 aliphatic heterocycles. The standard InChI is InChI=1S/C36H39ClO6/c1-3-40-31-17-14-26(15-18-31)20-29-21-30(16-19-33(29)37)36(39-2)35(42-25-28-12-8-5-9-13-28)34(22-32(23-38)43-36)41-24-27-10-6-4-7-11-27/h4-19,21,32,34-35,38H,3,20,22-25H2,1-2H3/t32?,34?,35-,36?/m1/s1. The zero-order valence-electron chi connectivity index (χ0n) is 24.7. The van der Waals surface area contributed by atoms with Gasteiger partial charge in [0.15, 0.2) is 0 Å². The van der Waals surface area contributed by atoms with Crippen molar-refractivity contribution in [3.05, 3.63) is 136 Å². The molecule has 4 atom stereocenters. The number of halogens is 1. The van der Waals surface area contributed by atoms with Crippen LogP contribution in [-0.2, 0) is 44.4 Å². The molecule has 1 fully saturated rings. The van der Waals surface area contributed by atoms with E-state index in [9.17, 15) is 5.11 Å². The first-order valence-electron chi connectivity index (χ1n) is 14.7. The van der Waals surface area contributed by atoms with Crippen molar-refractivity contribution >= 4 is 11.6 Å². The third-order valence-corrected chi connectivity index (χ3v) is 8.08. The number of aliphatic hydroxyl groups excluding tert-OH is 1. The van der Waals surface area contributed by atoms with Crippen LogP contribution in [0.25, 0.3) is 0 Å². The summed E-state index contributed by atoms with van der Waals surface area (Å²) in [7, 11) is 1.60. The van der Waals surface area contributed by atoms with Gasteiger partial charge in [-0.15, -0.1) is 0 Å². The summed E-state index contributed by atoms with van der Waals surface area (Å²) >= 11 is 6.73. The molecule has 43 heavy (non-hydrogen) atoms. The van der Waals surface area contributed by atoms with Crippen molar-refractivity contribution in [1.82, 2.24) is 0 Å². The zero-order chi connectivity index (χ0) is 30.1. The molecule has 0 bridgehead atoms. The van der Waals surface area contributed by atoms with Gasteiger partial charge in [0, 0.05) is 24.1 Å². The van der Waals surface area contributed by atoms with Crippen LogP contribution in [0, 0.1) is 0 Å². The normalized spacial score (nSPS) is 21.9. The molecular weight excluding hydrogens is 564 g/mol. The van der Waals surface area contributed by atoms with E-state index in [1.54, 1.807) is 7.11 Å². The predicted octanol–water partition coefficient (Wildman–Crippen LogP) is 7.08. The van der Waals surface area contributed by atoms with Gasteiger partial charge in [-0.05, 0) is 59.9 Å². The Morgan fingerprint density at radius 2 is 1.49 bits per heavy atom. The topological polar surface area (TPSA) is 66.4 Å². The summed E-state index contributed by atoms with van der Waals surface area (Å²) in [4.78, 5) is 0. The summed E-state index contributed by atoms with van der Waals surface area (Å²) in [5.74, 6) is -0.532. The highest BCUT2D eigenvalue weighted by Gasteiger charge is 2.53. The first kappa shape index (κ1) is 31.2. The average Bonchev–Trinajstić information content (AvgIpc) is 3.05. The van der Waals surface area contributed by atoms with Gasteiger partial charge in [0.05, 0.1) is 38.6 Å². The number of hydrogen-bond donors (Lipinski definition) is 1. The summed E-state index contributed by atoms with van der Waals surface area (Å²) in [6, 6.07) is 33.8. The minimum Gasteiger partial charge on any atom is -0.494 e. The minimum absolute atomic E-state index is 0.186. The second kappa shape index (κ2) is 15.0. The van der Waals surface area contributed by atoms with E-state index in [-0.39, 0.29) is 6.61 Å². The molecule has 226 valence electrons. The highest BCUT2D eigenvalue weighted by Crippen LogP contribution is 2.43. The van der Waals surface area contributed by atoms with Gasteiger partial charge in [-0.2, -0.15) is 0 Å². The van der Waals surface area contributed by atoms with Crippen LogP contribution in [0.1, 0.15) is 41.2 Å². The number of benzene rings is 4. The average molecular weight is 603 g/mol. The van der Waals surface area contributed by atoms with Crippen LogP contribution in [0.2, 0.25) is 5.02 Å². The Morgan fingerprint density at radius 3 is 2.09 bits per heavy atom. The lowest BCUT2D eigenvalue weighted by Crippen LogP contribution is -2.59. The van der Waals surface area contributed by atoms with Crippen LogP contribution in [0.4, 0.5) is 0 Å². The number of aliphatic hydroxyl groups is 1. The van der Waals surface area contributed by atoms with Gasteiger partial charge in [0.1, 0.15) is 11.9 Å². The Morgan fingerprint density at radius 1 is 0.837 bits per heavy atom. The third kappa shape index (κ3) is 7.65. The molecule has 5 rings (SSSR count). The Labute approximate surface area is 259 Å². The van der Waals surface area contributed by atoms with Gasteiger partial charge >= 0.3 is 0 Å². The van der Waals surface area contributed by atoms with Crippen molar-refractivity contribution < 1.29 is 28.8 Å². The molecule has 0 radical (unpaired) electrons. The van der Waals surface area contributed by atoms with Crippen molar-refractivity contribution in [3.63, 3.8) is 0 Å². The van der Waals surface area contributed by atoms with Crippen LogP contribution in [0.3, 0.4) is 0 Å². The van der Waals surface area contributed by atoms with E-state index in [4.69, 9.17) is 35.3 Å². The maximum atomic E-state index is 10.3. The molecule has 4 aromatic rings. The molecule has 0 aromatic heterocycles. The van der Waals surface area contributed by atoms with Crippen molar-refractivity contribution in [2.24, 2.45) is 0 Å². The lowest BCUT2D eigenvalue weighted by atomic mass is 9.87. The van der Waals surface area contributed by atoms with Crippen LogP contribution >= 0.6 is 11.6 Å². The van der Waals surface area contributed by atoms with Crippen molar-refractivity contribution in [3.8, 4) is 5.75 Å². The van der Waals surface area contributed by atoms with Crippen molar-refractivity contribution in [1.29, 1.82) is 0 Å². The fraction of sp³-hybridized carbons (Fsp3) is 0.333. The van der Waals surface area contributed by atoms with E-state index in [2.05, 4.69) is 0 Å². The maximum Gasteiger partial charge on any atom is 0.224 e. The Hall–Kier alpha value is -3.23. The molecular formula is C36H39ClO6. The fourth-order valence-corrected chi connectivity index (χ4v) is 5.73. The van der Waals surface area contributed by atoms with Gasteiger partial charge in [-0.25, -0.2) is 0 Å². The predicted molar refractivity (Wildman–Crippen MR) is 167 cm³/mol. The first-order valence-corrected chi connectivity index (χ1v) is 15.1. The fourth-order valence-electron chi connectivity index (χ4n) is 5.54. The van der Waals surface area contributed by atoms with Gasteiger partial charge in [0.2, 0.25) is 5.79 Å². The summed E-state index contributed by atoms with van der Waals surface area (Å²) in [5.41, 5.74) is 4.81. The molecule has 1 heterocycles. The molecule has 0 saturated carbocycles. The van der Waals surface area contributed by atoms with Gasteiger partial charge in [-0.1, -0.05) is 90.5 Å². The molecule has 4 aromatic carbocycles. The van der Waals surface area contributed by atoms with E-state index in [1.807, 2.05) is 110 Å². The number of hydrogen-bond acceptors (Lipinski definition) is 6. The first-order chi connectivity index (χ1) is 21.0. The van der Waals surface area contributed by atoms with E-state index in [1.165, 1.54) is 0 Å². The van der Waals surface area contributed by atoms with Gasteiger partial charge in [0.25, 0.3) is 0 Å². The minimum atomic E-state index is -1.36. The van der Waals surface area contributed by atoms with E-state index >= 15 is 0 Å². The van der Waals surface area contributed by atoms with E-state index in [0.29, 0.717) is 37.7 Å². The monoisotopic (exact) mass is 602 g/mol. The molecule has 6 nitrogen and oxygen atoms in total. The largest absolute Gasteiger partial charge is 0.494 e. The van der Waals surface area contributed by atoms with E-state index in [0.717, 1.165) is 33.6 Å². The number of ether oxygens (including phenoxy) is 5. The Balaban J connectivity index is 1.49. The number of methoxy groups -OCH3 is 1. The third-order valence-electron chi connectivity index (χ3n) is 7.71. The SMILES string of the molecule is CCOc1ccc(Cc2cc(C3(OC)OC(CO)CC(OCc4ccccc4)[C@H]3OCc3ccccc3)ccc2Cl)cc1. The molecule has 1 saturated heterocycles. The molecule has 0 amide bonds.